The minimum atomic E-state index is 0. The van der Waals surface area contributed by atoms with E-state index in [0.717, 1.165) is 0 Å². The highest BCUT2D eigenvalue weighted by atomic mass is 79.9. The number of likely N-dealkylation sites (tertiary alicyclic amines) is 1. The maximum Gasteiger partial charge on any atom is 0.0360 e. The number of rotatable bonds is 1. The molecule has 1 aliphatic heterocycles. The third kappa shape index (κ3) is 3.04. The van der Waals surface area contributed by atoms with Crippen molar-refractivity contribution in [1.29, 1.82) is 0 Å². The zero-order valence-corrected chi connectivity index (χ0v) is 11.6. The van der Waals surface area contributed by atoms with E-state index < -0.39 is 0 Å². The summed E-state index contributed by atoms with van der Waals surface area (Å²) in [6.07, 6.45) is 6.41. The molecule has 0 N–H and O–H groups in total. The van der Waals surface area contributed by atoms with Gasteiger partial charge < -0.3 is 0 Å². The molecule has 0 spiro atoms. The molecule has 2 nitrogen and oxygen atoms in total. The second-order valence-electron chi connectivity index (χ2n) is 3.42. The van der Waals surface area contributed by atoms with Gasteiger partial charge in [0.05, 0.1) is 0 Å². The van der Waals surface area contributed by atoms with Crippen LogP contribution in [0, 0.1) is 0 Å². The Hall–Kier alpha value is 0.0700. The standard InChI is InChI=1S/C10H14N2.2BrH/c1-12-7-3-5-10(12)9-4-2-6-11-8-9;;/h2,4,6,8,10H,3,5,7H2,1H3;2*1H/t10-;;/m0../s1. The number of hydrogen-bond donors (Lipinski definition) is 0. The van der Waals surface area contributed by atoms with Crippen molar-refractivity contribution in [2.45, 2.75) is 18.9 Å². The molecule has 1 aromatic heterocycles. The highest BCUT2D eigenvalue weighted by Crippen LogP contribution is 2.29. The van der Waals surface area contributed by atoms with E-state index in [-0.39, 0.29) is 34.0 Å². The Morgan fingerprint density at radius 1 is 1.43 bits per heavy atom. The van der Waals surface area contributed by atoms with Crippen LogP contribution in [0.1, 0.15) is 24.4 Å². The van der Waals surface area contributed by atoms with Crippen LogP contribution in [-0.4, -0.2) is 23.5 Å². The zero-order valence-electron chi connectivity index (χ0n) is 8.22. The van der Waals surface area contributed by atoms with E-state index in [1.165, 1.54) is 24.9 Å². The Morgan fingerprint density at radius 3 is 2.71 bits per heavy atom. The monoisotopic (exact) mass is 322 g/mol. The molecule has 14 heavy (non-hydrogen) atoms. The molecule has 0 aliphatic carbocycles. The van der Waals surface area contributed by atoms with Crippen LogP contribution in [0.3, 0.4) is 0 Å². The third-order valence-electron chi connectivity index (χ3n) is 2.59. The van der Waals surface area contributed by atoms with Crippen molar-refractivity contribution < 1.29 is 0 Å². The normalized spacial score (nSPS) is 21.1. The highest BCUT2D eigenvalue weighted by molar-refractivity contribution is 8.93. The van der Waals surface area contributed by atoms with Crippen LogP contribution < -0.4 is 0 Å². The summed E-state index contributed by atoms with van der Waals surface area (Å²) in [5.41, 5.74) is 1.36. The smallest absolute Gasteiger partial charge is 0.0360 e. The van der Waals surface area contributed by atoms with Crippen LogP contribution in [0.5, 0.6) is 0 Å². The van der Waals surface area contributed by atoms with Crippen molar-refractivity contribution in [1.82, 2.24) is 9.88 Å². The van der Waals surface area contributed by atoms with Crippen molar-refractivity contribution in [3.05, 3.63) is 30.1 Å². The lowest BCUT2D eigenvalue weighted by Gasteiger charge is -2.18. The molecule has 0 amide bonds. The number of pyridine rings is 1. The van der Waals surface area contributed by atoms with Gasteiger partial charge in [0.1, 0.15) is 0 Å². The van der Waals surface area contributed by atoms with Gasteiger partial charge in [0, 0.05) is 18.4 Å². The molecular weight excluding hydrogens is 308 g/mol. The fourth-order valence-electron chi connectivity index (χ4n) is 1.90. The van der Waals surface area contributed by atoms with Crippen molar-refractivity contribution in [3.63, 3.8) is 0 Å². The minimum Gasteiger partial charge on any atom is -0.299 e. The van der Waals surface area contributed by atoms with Crippen LogP contribution in [0.2, 0.25) is 0 Å². The second kappa shape index (κ2) is 6.53. The molecule has 0 radical (unpaired) electrons. The van der Waals surface area contributed by atoms with E-state index in [4.69, 9.17) is 0 Å². The van der Waals surface area contributed by atoms with Gasteiger partial charge in [0.15, 0.2) is 0 Å². The average molecular weight is 324 g/mol. The summed E-state index contributed by atoms with van der Waals surface area (Å²) in [5, 5.41) is 0. The van der Waals surface area contributed by atoms with Gasteiger partial charge in [-0.05, 0) is 38.1 Å². The number of aromatic nitrogens is 1. The predicted molar refractivity (Wildman–Crippen MR) is 69.5 cm³/mol. The molecule has 0 bridgehead atoms. The van der Waals surface area contributed by atoms with Gasteiger partial charge in [-0.1, -0.05) is 6.07 Å². The molecule has 2 heterocycles. The Kier molecular flexibility index (Phi) is 6.57. The summed E-state index contributed by atoms with van der Waals surface area (Å²) in [7, 11) is 2.19. The minimum absolute atomic E-state index is 0. The summed E-state index contributed by atoms with van der Waals surface area (Å²) in [6, 6.07) is 4.79. The van der Waals surface area contributed by atoms with Crippen LogP contribution in [0.4, 0.5) is 0 Å². The zero-order chi connectivity index (χ0) is 8.39. The van der Waals surface area contributed by atoms with E-state index in [2.05, 4.69) is 23.0 Å². The summed E-state index contributed by atoms with van der Waals surface area (Å²) >= 11 is 0. The van der Waals surface area contributed by atoms with Crippen LogP contribution in [-0.2, 0) is 0 Å². The van der Waals surface area contributed by atoms with Gasteiger partial charge in [-0.15, -0.1) is 34.0 Å². The third-order valence-corrected chi connectivity index (χ3v) is 2.59. The maximum absolute atomic E-state index is 4.14. The van der Waals surface area contributed by atoms with Gasteiger partial charge in [0.2, 0.25) is 0 Å². The largest absolute Gasteiger partial charge is 0.299 e. The first kappa shape index (κ1) is 14.1. The van der Waals surface area contributed by atoms with Gasteiger partial charge in [-0.3, -0.25) is 9.88 Å². The molecule has 1 saturated heterocycles. The highest BCUT2D eigenvalue weighted by Gasteiger charge is 2.21. The quantitative estimate of drug-likeness (QED) is 0.789. The second-order valence-corrected chi connectivity index (χ2v) is 3.42. The number of halogens is 2. The molecule has 0 saturated carbocycles. The topological polar surface area (TPSA) is 16.1 Å². The predicted octanol–water partition coefficient (Wildman–Crippen LogP) is 3.00. The first-order valence-electron chi connectivity index (χ1n) is 4.48. The molecule has 1 aromatic rings. The fraction of sp³-hybridized carbons (Fsp3) is 0.500. The molecule has 1 atom stereocenters. The van der Waals surface area contributed by atoms with Crippen molar-refractivity contribution in [2.24, 2.45) is 0 Å². The average Bonchev–Trinajstić information content (AvgIpc) is 2.53. The van der Waals surface area contributed by atoms with Crippen molar-refractivity contribution in [2.75, 3.05) is 13.6 Å². The number of nitrogens with zero attached hydrogens (tertiary/aromatic N) is 2. The van der Waals surface area contributed by atoms with Crippen molar-refractivity contribution >= 4 is 34.0 Å². The molecule has 80 valence electrons. The molecule has 0 unspecified atom stereocenters. The van der Waals surface area contributed by atoms with Gasteiger partial charge in [-0.2, -0.15) is 0 Å². The van der Waals surface area contributed by atoms with Gasteiger partial charge in [-0.25, -0.2) is 0 Å². The first-order chi connectivity index (χ1) is 5.88. The van der Waals surface area contributed by atoms with Crippen LogP contribution in [0.15, 0.2) is 24.5 Å². The summed E-state index contributed by atoms with van der Waals surface area (Å²) in [4.78, 5) is 6.54. The fourth-order valence-corrected chi connectivity index (χ4v) is 1.90. The van der Waals surface area contributed by atoms with E-state index in [1.807, 2.05) is 18.5 Å². The maximum atomic E-state index is 4.14. The molecule has 1 fully saturated rings. The lowest BCUT2D eigenvalue weighted by atomic mass is 10.1. The summed E-state index contributed by atoms with van der Waals surface area (Å²) < 4.78 is 0. The van der Waals surface area contributed by atoms with E-state index in [1.54, 1.807) is 0 Å². The Labute approximate surface area is 106 Å². The number of hydrogen-bond acceptors (Lipinski definition) is 2. The Morgan fingerprint density at radius 2 is 2.21 bits per heavy atom. The van der Waals surface area contributed by atoms with E-state index in [0.29, 0.717) is 6.04 Å². The molecule has 2 rings (SSSR count). The molecular formula is C10H16Br2N2. The lowest BCUT2D eigenvalue weighted by Crippen LogP contribution is -2.17. The van der Waals surface area contributed by atoms with Gasteiger partial charge >= 0.3 is 0 Å². The Balaban J connectivity index is 0.000000845. The van der Waals surface area contributed by atoms with Gasteiger partial charge in [0.25, 0.3) is 0 Å². The van der Waals surface area contributed by atoms with Crippen LogP contribution >= 0.6 is 34.0 Å². The van der Waals surface area contributed by atoms with E-state index >= 15 is 0 Å². The lowest BCUT2D eigenvalue weighted by molar-refractivity contribution is 0.317. The molecule has 4 heteroatoms. The Bertz CT molecular complexity index is 254. The summed E-state index contributed by atoms with van der Waals surface area (Å²) in [6.45, 7) is 1.22. The first-order valence-corrected chi connectivity index (χ1v) is 4.48. The SMILES string of the molecule is Br.Br.CN1CCC[C@H]1c1cccnc1. The van der Waals surface area contributed by atoms with Crippen molar-refractivity contribution in [3.8, 4) is 0 Å². The summed E-state index contributed by atoms with van der Waals surface area (Å²) in [5.74, 6) is 0. The van der Waals surface area contributed by atoms with E-state index in [9.17, 15) is 0 Å². The van der Waals surface area contributed by atoms with Crippen LogP contribution in [0.25, 0.3) is 0 Å². The molecule has 0 aromatic carbocycles. The molecule has 1 aliphatic rings.